The van der Waals surface area contributed by atoms with Crippen molar-refractivity contribution in [2.24, 2.45) is 0 Å². The number of hydrogen-bond donors (Lipinski definition) is 2. The predicted molar refractivity (Wildman–Crippen MR) is 159 cm³/mol. The zero-order valence-corrected chi connectivity index (χ0v) is 23.1. The van der Waals surface area contributed by atoms with E-state index in [0.29, 0.717) is 34.9 Å². The Labute approximate surface area is 235 Å². The second-order valence-corrected chi connectivity index (χ2v) is 10.5. The minimum Gasteiger partial charge on any atom is -0.481 e. The van der Waals surface area contributed by atoms with E-state index >= 15 is 0 Å². The van der Waals surface area contributed by atoms with E-state index in [1.165, 1.54) is 5.57 Å². The number of hydrogen-bond acceptors (Lipinski definition) is 6. The summed E-state index contributed by atoms with van der Waals surface area (Å²) in [6.45, 7) is 1.73. The van der Waals surface area contributed by atoms with Gasteiger partial charge in [-0.15, -0.1) is 0 Å². The quantitative estimate of drug-likeness (QED) is 0.380. The second kappa shape index (κ2) is 12.2. The van der Waals surface area contributed by atoms with Gasteiger partial charge in [0, 0.05) is 50.4 Å². The van der Waals surface area contributed by atoms with Crippen molar-refractivity contribution in [3.8, 4) is 0 Å². The van der Waals surface area contributed by atoms with E-state index in [9.17, 15) is 14.7 Å². The smallest absolute Gasteiger partial charge is 0.308 e. The standard InChI is InChI=1S/C32H35N5O3/c1-36(2)30-27(21-29(38)39)31(37-18-6-7-19-37)35-28(34-30)20-22-10-16-26(17-11-22)33-32(40)25-14-12-24(13-15-25)23-8-4-3-5-9-23/h4,8-17H,3,5-7,18-21H2,1-2H3,(H,33,40)(H,38,39). The molecule has 1 aromatic heterocycles. The summed E-state index contributed by atoms with van der Waals surface area (Å²) < 4.78 is 0. The third-order valence-corrected chi connectivity index (χ3v) is 7.22. The molecule has 1 fully saturated rings. The molecule has 8 nitrogen and oxygen atoms in total. The molecule has 206 valence electrons. The van der Waals surface area contributed by atoms with Crippen molar-refractivity contribution in [1.82, 2.24) is 9.97 Å². The number of amides is 1. The van der Waals surface area contributed by atoms with E-state index in [-0.39, 0.29) is 12.3 Å². The first-order chi connectivity index (χ1) is 19.4. The van der Waals surface area contributed by atoms with Gasteiger partial charge in [0.2, 0.25) is 0 Å². The molecule has 1 aliphatic heterocycles. The van der Waals surface area contributed by atoms with Crippen LogP contribution in [-0.4, -0.2) is 54.1 Å². The summed E-state index contributed by atoms with van der Waals surface area (Å²) in [5.74, 6) is 0.946. The number of benzene rings is 2. The molecule has 0 radical (unpaired) electrons. The number of nitrogens with one attached hydrogen (secondary N) is 1. The zero-order valence-electron chi connectivity index (χ0n) is 23.1. The van der Waals surface area contributed by atoms with E-state index in [1.54, 1.807) is 0 Å². The Bertz CT molecular complexity index is 1440. The van der Waals surface area contributed by atoms with Gasteiger partial charge in [0.05, 0.1) is 6.42 Å². The Balaban J connectivity index is 1.30. The molecule has 0 unspecified atom stereocenters. The molecule has 3 aromatic rings. The van der Waals surface area contributed by atoms with Gasteiger partial charge in [-0.25, -0.2) is 9.97 Å². The summed E-state index contributed by atoms with van der Waals surface area (Å²) in [7, 11) is 3.75. The maximum Gasteiger partial charge on any atom is 0.308 e. The van der Waals surface area contributed by atoms with Crippen molar-refractivity contribution < 1.29 is 14.7 Å². The molecule has 0 atom stereocenters. The van der Waals surface area contributed by atoms with Crippen LogP contribution in [0.15, 0.2) is 66.8 Å². The normalized spacial score (nSPS) is 14.7. The molecule has 8 heteroatoms. The van der Waals surface area contributed by atoms with Gasteiger partial charge in [0.1, 0.15) is 17.5 Å². The summed E-state index contributed by atoms with van der Waals surface area (Å²) in [4.78, 5) is 38.1. The van der Waals surface area contributed by atoms with Gasteiger partial charge < -0.3 is 20.2 Å². The first-order valence-corrected chi connectivity index (χ1v) is 13.8. The van der Waals surface area contributed by atoms with E-state index in [0.717, 1.165) is 55.7 Å². The number of aliphatic carboxylic acids is 1. The van der Waals surface area contributed by atoms with Gasteiger partial charge >= 0.3 is 5.97 Å². The van der Waals surface area contributed by atoms with E-state index < -0.39 is 5.97 Å². The lowest BCUT2D eigenvalue weighted by molar-refractivity contribution is -0.136. The molecule has 5 rings (SSSR count). The summed E-state index contributed by atoms with van der Waals surface area (Å²) in [6.07, 6.45) is 11.2. The number of aromatic nitrogens is 2. The van der Waals surface area contributed by atoms with Crippen molar-refractivity contribution in [2.45, 2.75) is 38.5 Å². The molecule has 2 heterocycles. The molecule has 1 aliphatic carbocycles. The van der Waals surface area contributed by atoms with Crippen LogP contribution < -0.4 is 15.1 Å². The summed E-state index contributed by atoms with van der Waals surface area (Å²) >= 11 is 0. The average molecular weight is 538 g/mol. The number of nitrogens with zero attached hydrogens (tertiary/aromatic N) is 4. The molecule has 40 heavy (non-hydrogen) atoms. The number of carboxylic acids is 1. The fraction of sp³-hybridized carbons (Fsp3) is 0.312. The lowest BCUT2D eigenvalue weighted by Gasteiger charge is -2.24. The van der Waals surface area contributed by atoms with Crippen molar-refractivity contribution in [1.29, 1.82) is 0 Å². The van der Waals surface area contributed by atoms with Crippen molar-refractivity contribution in [3.63, 3.8) is 0 Å². The first kappa shape index (κ1) is 27.1. The minimum atomic E-state index is -0.896. The highest BCUT2D eigenvalue weighted by atomic mass is 16.4. The molecule has 0 spiro atoms. The highest BCUT2D eigenvalue weighted by molar-refractivity contribution is 6.04. The lowest BCUT2D eigenvalue weighted by atomic mass is 9.98. The Morgan fingerprint density at radius 1 is 0.975 bits per heavy atom. The van der Waals surface area contributed by atoms with Crippen molar-refractivity contribution in [2.75, 3.05) is 42.3 Å². The van der Waals surface area contributed by atoms with Gasteiger partial charge in [-0.2, -0.15) is 0 Å². The Morgan fingerprint density at radius 2 is 1.70 bits per heavy atom. The highest BCUT2D eigenvalue weighted by Crippen LogP contribution is 2.30. The fourth-order valence-electron chi connectivity index (χ4n) is 5.19. The molecule has 0 bridgehead atoms. The van der Waals surface area contributed by atoms with Gasteiger partial charge in [0.25, 0.3) is 5.91 Å². The van der Waals surface area contributed by atoms with Crippen molar-refractivity contribution >= 4 is 34.8 Å². The van der Waals surface area contributed by atoms with E-state index in [2.05, 4.69) is 28.4 Å². The van der Waals surface area contributed by atoms with Gasteiger partial charge in [-0.05, 0) is 66.6 Å². The summed E-state index contributed by atoms with van der Waals surface area (Å²) in [5.41, 5.74) is 5.27. The third-order valence-electron chi connectivity index (χ3n) is 7.22. The van der Waals surface area contributed by atoms with Crippen LogP contribution in [0.1, 0.15) is 58.6 Å². The minimum absolute atomic E-state index is 0.119. The Kier molecular flexibility index (Phi) is 8.24. The van der Waals surface area contributed by atoms with Crippen LogP contribution in [0.25, 0.3) is 5.57 Å². The summed E-state index contributed by atoms with van der Waals surface area (Å²) in [5, 5.41) is 12.5. The predicted octanol–water partition coefficient (Wildman–Crippen LogP) is 5.35. The van der Waals surface area contributed by atoms with Crippen molar-refractivity contribution in [3.05, 3.63) is 94.8 Å². The van der Waals surface area contributed by atoms with E-state index in [4.69, 9.17) is 9.97 Å². The molecular formula is C32H35N5O3. The van der Waals surface area contributed by atoms with Crippen LogP contribution in [0.5, 0.6) is 0 Å². The molecule has 2 aliphatic rings. The molecule has 0 saturated carbocycles. The topological polar surface area (TPSA) is 98.7 Å². The maximum atomic E-state index is 12.8. The number of carbonyl (C=O) groups excluding carboxylic acids is 1. The van der Waals surface area contributed by atoms with Gasteiger partial charge in [0.15, 0.2) is 0 Å². The monoisotopic (exact) mass is 537 g/mol. The fourth-order valence-corrected chi connectivity index (χ4v) is 5.19. The van der Waals surface area contributed by atoms with Crippen LogP contribution in [-0.2, 0) is 17.6 Å². The third kappa shape index (κ3) is 6.39. The number of carbonyl (C=O) groups is 2. The van der Waals surface area contributed by atoms with Crippen LogP contribution in [0.3, 0.4) is 0 Å². The first-order valence-electron chi connectivity index (χ1n) is 13.8. The molecular weight excluding hydrogens is 502 g/mol. The van der Waals surface area contributed by atoms with Crippen LogP contribution in [0.4, 0.5) is 17.3 Å². The number of carboxylic acid groups (broad SMARTS) is 1. The lowest BCUT2D eigenvalue weighted by Crippen LogP contribution is -2.26. The van der Waals surface area contributed by atoms with Gasteiger partial charge in [-0.3, -0.25) is 9.59 Å². The second-order valence-electron chi connectivity index (χ2n) is 10.5. The molecule has 1 saturated heterocycles. The zero-order chi connectivity index (χ0) is 28.1. The number of allylic oxidation sites excluding steroid dienone is 4. The van der Waals surface area contributed by atoms with Gasteiger partial charge in [-0.1, -0.05) is 42.5 Å². The van der Waals surface area contributed by atoms with Crippen LogP contribution >= 0.6 is 0 Å². The van der Waals surface area contributed by atoms with Crippen LogP contribution in [0, 0.1) is 0 Å². The molecule has 1 amide bonds. The largest absolute Gasteiger partial charge is 0.481 e. The maximum absolute atomic E-state index is 12.8. The summed E-state index contributed by atoms with van der Waals surface area (Å²) in [6, 6.07) is 15.4. The van der Waals surface area contributed by atoms with Crippen LogP contribution in [0.2, 0.25) is 0 Å². The SMILES string of the molecule is CN(C)c1nc(Cc2ccc(NC(=O)c3ccc(C4=CCCC=C4)cc3)cc2)nc(N2CCCC2)c1CC(=O)O. The molecule has 2 aromatic carbocycles. The Hall–Kier alpha value is -4.46. The highest BCUT2D eigenvalue weighted by Gasteiger charge is 2.24. The Morgan fingerprint density at radius 3 is 2.33 bits per heavy atom. The van der Waals surface area contributed by atoms with E-state index in [1.807, 2.05) is 67.5 Å². The number of rotatable bonds is 9. The average Bonchev–Trinajstić information content (AvgIpc) is 3.50. The number of anilines is 3. The molecule has 2 N–H and O–H groups in total.